The van der Waals surface area contributed by atoms with E-state index in [0.717, 1.165) is 0 Å². The summed E-state index contributed by atoms with van der Waals surface area (Å²) in [6.45, 7) is 0.483. The smallest absolute Gasteiger partial charge is 0.216 e. The minimum atomic E-state index is -1.08. The lowest BCUT2D eigenvalue weighted by Crippen LogP contribution is -2.16. The average Bonchev–Trinajstić information content (AvgIpc) is 2.27. The predicted molar refractivity (Wildman–Crippen MR) is 63.9 cm³/mol. The molecule has 0 saturated carbocycles. The molecule has 0 aromatic heterocycles. The Balaban J connectivity index is 2.81. The van der Waals surface area contributed by atoms with E-state index in [1.807, 2.05) is 0 Å². The van der Waals surface area contributed by atoms with Gasteiger partial charge in [0.1, 0.15) is 0 Å². The van der Waals surface area contributed by atoms with Gasteiger partial charge >= 0.3 is 0 Å². The first-order valence-corrected chi connectivity index (χ1v) is 4.45. The van der Waals surface area contributed by atoms with Crippen LogP contribution >= 0.6 is 0 Å². The Hall–Kier alpha value is -1.84. The molecule has 1 aromatic rings. The molecular formula is C11H16N4. The van der Waals surface area contributed by atoms with E-state index in [2.05, 4.69) is 9.98 Å². The molecule has 80 valence electrons. The standard InChI is InChI=1S/C11H16N4/c1-9(12)15-11(13)14-8-7-10-5-3-2-4-6-10/h2-6H,7-8H2,1H3,(H4,12,13,14,15)/i2D,7D,8D. The van der Waals surface area contributed by atoms with E-state index >= 15 is 0 Å². The van der Waals surface area contributed by atoms with E-state index in [0.29, 0.717) is 11.6 Å². The highest BCUT2D eigenvalue weighted by Crippen LogP contribution is 1.99. The van der Waals surface area contributed by atoms with Crippen molar-refractivity contribution in [3.63, 3.8) is 0 Å². The van der Waals surface area contributed by atoms with Crippen molar-refractivity contribution in [1.29, 1.82) is 0 Å². The molecule has 2 unspecified atom stereocenters. The normalized spacial score (nSPS) is 19.9. The number of nitrogens with two attached hydrogens (primary N) is 2. The number of aliphatic imine (C=N–C) groups is 2. The molecule has 0 aliphatic heterocycles. The molecule has 0 bridgehead atoms. The Labute approximate surface area is 93.9 Å². The van der Waals surface area contributed by atoms with E-state index in [4.69, 9.17) is 15.6 Å². The van der Waals surface area contributed by atoms with E-state index in [-0.39, 0.29) is 11.8 Å². The SMILES string of the molecule is [2H]c1ccc(C([2H])C([2H])N=C(N)N=C(C)N)cc1. The number of guanidine groups is 1. The fraction of sp³-hybridized carbons (Fsp3) is 0.273. The molecule has 0 heterocycles. The van der Waals surface area contributed by atoms with E-state index in [1.54, 1.807) is 31.2 Å². The molecule has 4 nitrogen and oxygen atoms in total. The van der Waals surface area contributed by atoms with Gasteiger partial charge in [0.25, 0.3) is 0 Å². The van der Waals surface area contributed by atoms with Gasteiger partial charge in [0, 0.05) is 7.89 Å². The molecule has 1 rings (SSSR count). The maximum atomic E-state index is 7.87. The van der Waals surface area contributed by atoms with E-state index in [9.17, 15) is 0 Å². The topological polar surface area (TPSA) is 76.8 Å². The Bertz CT molecular complexity index is 452. The number of hydrogen-bond acceptors (Lipinski definition) is 1. The van der Waals surface area contributed by atoms with Crippen molar-refractivity contribution in [2.45, 2.75) is 13.3 Å². The van der Waals surface area contributed by atoms with Crippen molar-refractivity contribution in [3.05, 3.63) is 35.9 Å². The highest BCUT2D eigenvalue weighted by molar-refractivity contribution is 5.93. The molecule has 1 aromatic carbocycles. The number of aryl methyl sites for hydroxylation is 1. The molecule has 0 saturated heterocycles. The minimum absolute atomic E-state index is 0.107. The second kappa shape index (κ2) is 5.80. The van der Waals surface area contributed by atoms with Crippen LogP contribution in [0.25, 0.3) is 0 Å². The summed E-state index contributed by atoms with van der Waals surface area (Å²) in [6, 6.07) is 6.76. The summed E-state index contributed by atoms with van der Waals surface area (Å²) in [6.07, 6.45) is -0.877. The summed E-state index contributed by atoms with van der Waals surface area (Å²) in [5.74, 6) is 0.146. The van der Waals surface area contributed by atoms with Gasteiger partial charge in [-0.3, -0.25) is 4.99 Å². The van der Waals surface area contributed by atoms with Gasteiger partial charge in [0.05, 0.1) is 8.58 Å². The zero-order valence-electron chi connectivity index (χ0n) is 11.5. The van der Waals surface area contributed by atoms with Gasteiger partial charge in [-0.1, -0.05) is 30.3 Å². The van der Waals surface area contributed by atoms with Crippen LogP contribution in [0.5, 0.6) is 0 Å². The van der Waals surface area contributed by atoms with Crippen LogP contribution in [0.3, 0.4) is 0 Å². The number of benzene rings is 1. The molecule has 4 heteroatoms. The van der Waals surface area contributed by atoms with Gasteiger partial charge in [0.2, 0.25) is 5.96 Å². The van der Waals surface area contributed by atoms with Crippen LogP contribution in [-0.2, 0) is 6.40 Å². The fourth-order valence-corrected chi connectivity index (χ4v) is 0.920. The first-order chi connectivity index (χ1) is 8.40. The van der Waals surface area contributed by atoms with Crippen molar-refractivity contribution in [1.82, 2.24) is 0 Å². The summed E-state index contributed by atoms with van der Waals surface area (Å²) in [5, 5.41) is 0. The van der Waals surface area contributed by atoms with E-state index < -0.39 is 12.9 Å². The molecule has 0 amide bonds. The third-order valence-corrected chi connectivity index (χ3v) is 1.51. The summed E-state index contributed by atoms with van der Waals surface area (Å²) < 4.78 is 22.9. The van der Waals surface area contributed by atoms with Crippen molar-refractivity contribution in [2.24, 2.45) is 21.5 Å². The monoisotopic (exact) mass is 207 g/mol. The largest absolute Gasteiger partial charge is 0.387 e. The lowest BCUT2D eigenvalue weighted by Gasteiger charge is -1.97. The Morgan fingerprint density at radius 1 is 1.47 bits per heavy atom. The zero-order chi connectivity index (χ0) is 13.7. The lowest BCUT2D eigenvalue weighted by molar-refractivity contribution is 0.962. The van der Waals surface area contributed by atoms with Gasteiger partial charge < -0.3 is 11.5 Å². The van der Waals surface area contributed by atoms with Gasteiger partial charge in [0.15, 0.2) is 0 Å². The van der Waals surface area contributed by atoms with Crippen molar-refractivity contribution in [3.8, 4) is 0 Å². The molecule has 0 aliphatic carbocycles. The second-order valence-electron chi connectivity index (χ2n) is 2.89. The third kappa shape index (κ3) is 4.81. The number of nitrogens with zero attached hydrogens (tertiary/aromatic N) is 2. The summed E-state index contributed by atoms with van der Waals surface area (Å²) in [7, 11) is 0. The number of rotatable bonds is 3. The molecule has 15 heavy (non-hydrogen) atoms. The van der Waals surface area contributed by atoms with Crippen LogP contribution in [0.1, 0.15) is 16.6 Å². The van der Waals surface area contributed by atoms with Crippen LogP contribution in [0.15, 0.2) is 40.3 Å². The summed E-state index contributed by atoms with van der Waals surface area (Å²) >= 11 is 0. The minimum Gasteiger partial charge on any atom is -0.387 e. The van der Waals surface area contributed by atoms with Gasteiger partial charge in [-0.05, 0) is 18.9 Å². The number of hydrogen-bond donors (Lipinski definition) is 2. The first kappa shape index (κ1) is 7.45. The van der Waals surface area contributed by atoms with Crippen LogP contribution in [-0.4, -0.2) is 18.3 Å². The lowest BCUT2D eigenvalue weighted by atomic mass is 10.2. The second-order valence-corrected chi connectivity index (χ2v) is 2.89. The highest BCUT2D eigenvalue weighted by atomic mass is 15.1. The average molecular weight is 207 g/mol. The zero-order valence-corrected chi connectivity index (χ0v) is 8.51. The van der Waals surface area contributed by atoms with Gasteiger partial charge in [-0.25, -0.2) is 4.99 Å². The van der Waals surface area contributed by atoms with Crippen LogP contribution in [0.4, 0.5) is 0 Å². The predicted octanol–water partition coefficient (Wildman–Crippen LogP) is 0.921. The third-order valence-electron chi connectivity index (χ3n) is 1.51. The summed E-state index contributed by atoms with van der Waals surface area (Å²) in [4.78, 5) is 7.47. The fourth-order valence-electron chi connectivity index (χ4n) is 0.920. The van der Waals surface area contributed by atoms with E-state index in [1.165, 1.54) is 0 Å². The van der Waals surface area contributed by atoms with Crippen LogP contribution < -0.4 is 11.5 Å². The van der Waals surface area contributed by atoms with Crippen LogP contribution in [0.2, 0.25) is 0 Å². The Morgan fingerprint density at radius 3 is 2.73 bits per heavy atom. The molecule has 2 atom stereocenters. The van der Waals surface area contributed by atoms with Crippen molar-refractivity contribution >= 4 is 11.8 Å². The van der Waals surface area contributed by atoms with Crippen molar-refractivity contribution in [2.75, 3.05) is 6.52 Å². The maximum absolute atomic E-state index is 7.87. The van der Waals surface area contributed by atoms with Crippen LogP contribution in [0, 0.1) is 0 Å². The maximum Gasteiger partial charge on any atom is 0.216 e. The molecular weight excluding hydrogens is 188 g/mol. The van der Waals surface area contributed by atoms with Crippen molar-refractivity contribution < 1.29 is 4.11 Å². The number of amidine groups is 1. The molecule has 0 radical (unpaired) electrons. The highest BCUT2D eigenvalue weighted by Gasteiger charge is 1.91. The Kier molecular flexibility index (Phi) is 2.88. The summed E-state index contributed by atoms with van der Waals surface area (Å²) in [5.41, 5.74) is 11.4. The van der Waals surface area contributed by atoms with Gasteiger partial charge in [-0.2, -0.15) is 0 Å². The Morgan fingerprint density at radius 2 is 2.13 bits per heavy atom. The molecule has 0 spiro atoms. The molecule has 0 aliphatic rings. The molecule has 0 fully saturated rings. The first-order valence-electron chi connectivity index (χ1n) is 6.10. The quantitative estimate of drug-likeness (QED) is 0.571. The van der Waals surface area contributed by atoms with Gasteiger partial charge in [-0.15, -0.1) is 0 Å². The molecule has 4 N–H and O–H groups in total.